The van der Waals surface area contributed by atoms with Gasteiger partial charge in [0.25, 0.3) is 0 Å². The van der Waals surface area contributed by atoms with Crippen LogP contribution in [0.1, 0.15) is 22.4 Å². The Labute approximate surface area is 113 Å². The standard InChI is InChI=1S/C11H13N3O2S2/c1-4-16-10(15)8-7-6(11(17-3)18-8)9(12)14-5(2)13-7/h4H2,1-3H3,(H2,12,13,14). The highest BCUT2D eigenvalue weighted by Crippen LogP contribution is 2.39. The average Bonchev–Trinajstić information content (AvgIpc) is 2.68. The number of rotatable bonds is 3. The summed E-state index contributed by atoms with van der Waals surface area (Å²) in [6, 6.07) is 0. The minimum absolute atomic E-state index is 0.340. The van der Waals surface area contributed by atoms with E-state index >= 15 is 0 Å². The van der Waals surface area contributed by atoms with Gasteiger partial charge in [-0.15, -0.1) is 23.1 Å². The normalized spacial score (nSPS) is 10.8. The molecule has 96 valence electrons. The molecule has 2 aromatic heterocycles. The third-order valence-electron chi connectivity index (χ3n) is 2.31. The third-order valence-corrected chi connectivity index (χ3v) is 4.59. The Hall–Kier alpha value is -1.34. The fourth-order valence-electron chi connectivity index (χ4n) is 1.63. The highest BCUT2D eigenvalue weighted by Gasteiger charge is 2.21. The number of hydrogen-bond donors (Lipinski definition) is 1. The molecule has 0 atom stereocenters. The molecule has 0 saturated heterocycles. The second kappa shape index (κ2) is 5.11. The number of esters is 1. The van der Waals surface area contributed by atoms with Crippen molar-refractivity contribution in [1.82, 2.24) is 9.97 Å². The largest absolute Gasteiger partial charge is 0.462 e. The summed E-state index contributed by atoms with van der Waals surface area (Å²) < 4.78 is 5.97. The van der Waals surface area contributed by atoms with Crippen molar-refractivity contribution < 1.29 is 9.53 Å². The molecular formula is C11H13N3O2S2. The number of ether oxygens (including phenoxy) is 1. The van der Waals surface area contributed by atoms with E-state index in [1.54, 1.807) is 13.8 Å². The Morgan fingerprint density at radius 2 is 2.22 bits per heavy atom. The fraction of sp³-hybridized carbons (Fsp3) is 0.364. The Balaban J connectivity index is 2.71. The zero-order chi connectivity index (χ0) is 13.3. The van der Waals surface area contributed by atoms with Crippen molar-refractivity contribution in [2.75, 3.05) is 18.6 Å². The van der Waals surface area contributed by atoms with Crippen molar-refractivity contribution in [2.24, 2.45) is 0 Å². The van der Waals surface area contributed by atoms with Gasteiger partial charge in [-0.25, -0.2) is 14.8 Å². The third kappa shape index (κ3) is 2.15. The van der Waals surface area contributed by atoms with Crippen molar-refractivity contribution in [2.45, 2.75) is 18.1 Å². The van der Waals surface area contributed by atoms with E-state index in [1.807, 2.05) is 6.26 Å². The molecule has 0 aromatic carbocycles. The number of thiophene rings is 1. The molecule has 0 saturated carbocycles. The molecule has 0 aliphatic carbocycles. The van der Waals surface area contributed by atoms with Gasteiger partial charge in [-0.05, 0) is 20.1 Å². The van der Waals surface area contributed by atoms with Crippen LogP contribution in [0, 0.1) is 6.92 Å². The van der Waals surface area contributed by atoms with Crippen molar-refractivity contribution >= 4 is 45.8 Å². The molecule has 0 aliphatic heterocycles. The van der Waals surface area contributed by atoms with Crippen LogP contribution < -0.4 is 5.73 Å². The smallest absolute Gasteiger partial charge is 0.350 e. The second-order valence-electron chi connectivity index (χ2n) is 3.52. The number of nitrogens with zero attached hydrogens (tertiary/aromatic N) is 2. The molecule has 0 unspecified atom stereocenters. The number of aryl methyl sites for hydroxylation is 1. The zero-order valence-electron chi connectivity index (χ0n) is 10.3. The van der Waals surface area contributed by atoms with E-state index in [9.17, 15) is 4.79 Å². The summed E-state index contributed by atoms with van der Waals surface area (Å²) in [5.74, 6) is 0.606. The Morgan fingerprint density at radius 3 is 2.83 bits per heavy atom. The molecule has 0 fully saturated rings. The summed E-state index contributed by atoms with van der Waals surface area (Å²) in [7, 11) is 0. The van der Waals surface area contributed by atoms with E-state index in [0.717, 1.165) is 9.60 Å². The van der Waals surface area contributed by atoms with Crippen LogP contribution in [0.4, 0.5) is 5.82 Å². The van der Waals surface area contributed by atoms with E-state index in [2.05, 4.69) is 9.97 Å². The monoisotopic (exact) mass is 283 g/mol. The lowest BCUT2D eigenvalue weighted by atomic mass is 10.3. The van der Waals surface area contributed by atoms with Crippen LogP contribution in [0.25, 0.3) is 10.9 Å². The molecule has 2 heterocycles. The van der Waals surface area contributed by atoms with Crippen molar-refractivity contribution in [3.8, 4) is 0 Å². The van der Waals surface area contributed by atoms with Crippen molar-refractivity contribution in [3.05, 3.63) is 10.7 Å². The van der Waals surface area contributed by atoms with Crippen LogP contribution in [-0.2, 0) is 4.74 Å². The van der Waals surface area contributed by atoms with E-state index in [0.29, 0.717) is 28.6 Å². The summed E-state index contributed by atoms with van der Waals surface area (Å²) >= 11 is 2.88. The Bertz CT molecular complexity index is 610. The number of hydrogen-bond acceptors (Lipinski definition) is 7. The van der Waals surface area contributed by atoms with Crippen LogP contribution in [0.5, 0.6) is 0 Å². The lowest BCUT2D eigenvalue weighted by Gasteiger charge is -2.01. The SMILES string of the molecule is CCOC(=O)c1sc(SC)c2c(N)nc(C)nc12. The first-order chi connectivity index (χ1) is 8.58. The maximum atomic E-state index is 11.9. The molecular weight excluding hydrogens is 270 g/mol. The zero-order valence-corrected chi connectivity index (χ0v) is 11.9. The summed E-state index contributed by atoms with van der Waals surface area (Å²) in [4.78, 5) is 20.8. The first kappa shape index (κ1) is 13.1. The van der Waals surface area contributed by atoms with E-state index < -0.39 is 0 Å². The van der Waals surface area contributed by atoms with Gasteiger partial charge in [-0.1, -0.05) is 0 Å². The molecule has 0 radical (unpaired) electrons. The molecule has 7 heteroatoms. The number of anilines is 1. The van der Waals surface area contributed by atoms with Gasteiger partial charge in [-0.3, -0.25) is 0 Å². The van der Waals surface area contributed by atoms with Crippen molar-refractivity contribution in [1.29, 1.82) is 0 Å². The predicted octanol–water partition coefficient (Wildman–Crippen LogP) is 2.48. The lowest BCUT2D eigenvalue weighted by molar-refractivity contribution is 0.0534. The van der Waals surface area contributed by atoms with Gasteiger partial charge in [0.2, 0.25) is 0 Å². The van der Waals surface area contributed by atoms with Gasteiger partial charge in [0, 0.05) is 0 Å². The highest BCUT2D eigenvalue weighted by molar-refractivity contribution is 8.00. The predicted molar refractivity (Wildman–Crippen MR) is 74.3 cm³/mol. The molecule has 0 amide bonds. The van der Waals surface area contributed by atoms with E-state index in [1.165, 1.54) is 23.1 Å². The van der Waals surface area contributed by atoms with Gasteiger partial charge in [-0.2, -0.15) is 0 Å². The van der Waals surface area contributed by atoms with Gasteiger partial charge < -0.3 is 10.5 Å². The summed E-state index contributed by atoms with van der Waals surface area (Å²) in [5.41, 5.74) is 6.50. The van der Waals surface area contributed by atoms with Crippen LogP contribution in [0.3, 0.4) is 0 Å². The minimum atomic E-state index is -0.356. The molecule has 5 nitrogen and oxygen atoms in total. The molecule has 2 aromatic rings. The number of aromatic nitrogens is 2. The van der Waals surface area contributed by atoms with Gasteiger partial charge >= 0.3 is 5.97 Å². The van der Waals surface area contributed by atoms with Gasteiger partial charge in [0.05, 0.1) is 16.2 Å². The van der Waals surface area contributed by atoms with E-state index in [4.69, 9.17) is 10.5 Å². The first-order valence-corrected chi connectivity index (χ1v) is 7.40. The maximum absolute atomic E-state index is 11.9. The van der Waals surface area contributed by atoms with Crippen LogP contribution in [-0.4, -0.2) is 28.8 Å². The quantitative estimate of drug-likeness (QED) is 0.688. The number of nitrogens with two attached hydrogens (primary N) is 1. The maximum Gasteiger partial charge on any atom is 0.350 e. The summed E-state index contributed by atoms with van der Waals surface area (Å²) in [5, 5.41) is 0.751. The van der Waals surface area contributed by atoms with Gasteiger partial charge in [0.15, 0.2) is 0 Å². The molecule has 0 spiro atoms. The molecule has 0 aliphatic rings. The number of thioether (sulfide) groups is 1. The average molecular weight is 283 g/mol. The Kier molecular flexibility index (Phi) is 3.72. The second-order valence-corrected chi connectivity index (χ2v) is 5.62. The first-order valence-electron chi connectivity index (χ1n) is 5.36. The topological polar surface area (TPSA) is 78.1 Å². The van der Waals surface area contributed by atoms with Crippen LogP contribution in [0.15, 0.2) is 4.21 Å². The molecule has 2 N–H and O–H groups in total. The number of fused-ring (bicyclic) bond motifs is 1. The fourth-order valence-corrected chi connectivity index (χ4v) is 3.49. The summed E-state index contributed by atoms with van der Waals surface area (Å²) in [6.45, 7) is 3.87. The molecule has 0 bridgehead atoms. The van der Waals surface area contributed by atoms with Gasteiger partial charge in [0.1, 0.15) is 22.0 Å². The van der Waals surface area contributed by atoms with Crippen LogP contribution >= 0.6 is 23.1 Å². The van der Waals surface area contributed by atoms with E-state index in [-0.39, 0.29) is 5.97 Å². The summed E-state index contributed by atoms with van der Waals surface area (Å²) in [6.07, 6.45) is 1.93. The molecule has 18 heavy (non-hydrogen) atoms. The highest BCUT2D eigenvalue weighted by atomic mass is 32.2. The van der Waals surface area contributed by atoms with Crippen LogP contribution in [0.2, 0.25) is 0 Å². The Morgan fingerprint density at radius 1 is 1.50 bits per heavy atom. The number of nitrogen functional groups attached to an aromatic ring is 1. The molecule has 2 rings (SSSR count). The number of carbonyl (C=O) groups excluding carboxylic acids is 1. The lowest BCUT2D eigenvalue weighted by Crippen LogP contribution is -2.04. The van der Waals surface area contributed by atoms with Crippen molar-refractivity contribution in [3.63, 3.8) is 0 Å². The minimum Gasteiger partial charge on any atom is -0.462 e. The number of carbonyl (C=O) groups is 1.